The maximum absolute atomic E-state index is 9.61. The summed E-state index contributed by atoms with van der Waals surface area (Å²) in [5.41, 5.74) is 0. The molecule has 0 spiro atoms. The summed E-state index contributed by atoms with van der Waals surface area (Å²) in [5, 5.41) is 13.0. The Morgan fingerprint density at radius 3 is 2.17 bits per heavy atom. The van der Waals surface area contributed by atoms with E-state index >= 15 is 0 Å². The molecule has 0 aromatic carbocycles. The third kappa shape index (κ3) is 4.73. The monoisotopic (exact) mass is 173 g/mol. The van der Waals surface area contributed by atoms with Crippen LogP contribution in [0.1, 0.15) is 40.5 Å². The summed E-state index contributed by atoms with van der Waals surface area (Å²) in [6.07, 6.45) is 1.81. The number of nitrogens with one attached hydrogen (secondary N) is 1. The van der Waals surface area contributed by atoms with Gasteiger partial charge in [0.25, 0.3) is 0 Å². The SMILES string of the molecule is CCNC(CC)CC(O)C(C)C. The Labute approximate surface area is 76.4 Å². The van der Waals surface area contributed by atoms with Crippen molar-refractivity contribution in [2.45, 2.75) is 52.7 Å². The molecule has 2 heteroatoms. The van der Waals surface area contributed by atoms with Crippen LogP contribution in [0, 0.1) is 5.92 Å². The fourth-order valence-corrected chi connectivity index (χ4v) is 1.25. The quantitative estimate of drug-likeness (QED) is 0.641. The molecule has 0 aromatic rings. The number of rotatable bonds is 6. The van der Waals surface area contributed by atoms with Crippen molar-refractivity contribution in [3.8, 4) is 0 Å². The molecule has 2 unspecified atom stereocenters. The van der Waals surface area contributed by atoms with Gasteiger partial charge in [0, 0.05) is 6.04 Å². The Morgan fingerprint density at radius 1 is 1.25 bits per heavy atom. The first-order valence-corrected chi connectivity index (χ1v) is 5.03. The van der Waals surface area contributed by atoms with Crippen LogP contribution in [-0.4, -0.2) is 23.8 Å². The van der Waals surface area contributed by atoms with Crippen LogP contribution in [0.2, 0.25) is 0 Å². The molecule has 0 amide bonds. The summed E-state index contributed by atoms with van der Waals surface area (Å²) >= 11 is 0. The lowest BCUT2D eigenvalue weighted by Gasteiger charge is -2.21. The highest BCUT2D eigenvalue weighted by molar-refractivity contribution is 4.71. The Balaban J connectivity index is 3.68. The number of aliphatic hydroxyl groups is 1. The second-order valence-corrected chi connectivity index (χ2v) is 3.71. The predicted molar refractivity (Wildman–Crippen MR) is 53.2 cm³/mol. The third-order valence-corrected chi connectivity index (χ3v) is 2.28. The van der Waals surface area contributed by atoms with Gasteiger partial charge in [0.05, 0.1) is 6.10 Å². The maximum atomic E-state index is 9.61. The predicted octanol–water partition coefficient (Wildman–Crippen LogP) is 1.78. The van der Waals surface area contributed by atoms with E-state index in [1.54, 1.807) is 0 Å². The van der Waals surface area contributed by atoms with Gasteiger partial charge in [0.2, 0.25) is 0 Å². The molecule has 2 nitrogen and oxygen atoms in total. The minimum atomic E-state index is -0.158. The highest BCUT2D eigenvalue weighted by atomic mass is 16.3. The minimum Gasteiger partial charge on any atom is -0.393 e. The molecule has 0 aliphatic rings. The lowest BCUT2D eigenvalue weighted by molar-refractivity contribution is 0.103. The first-order chi connectivity index (χ1) is 5.61. The first-order valence-electron chi connectivity index (χ1n) is 5.03. The Kier molecular flexibility index (Phi) is 6.39. The second-order valence-electron chi connectivity index (χ2n) is 3.71. The minimum absolute atomic E-state index is 0.158. The molecule has 74 valence electrons. The van der Waals surface area contributed by atoms with Gasteiger partial charge in [-0.1, -0.05) is 27.7 Å². The van der Waals surface area contributed by atoms with Gasteiger partial charge in [0.1, 0.15) is 0 Å². The van der Waals surface area contributed by atoms with E-state index in [2.05, 4.69) is 33.0 Å². The molecule has 0 radical (unpaired) electrons. The van der Waals surface area contributed by atoms with Gasteiger partial charge in [-0.05, 0) is 25.3 Å². The molecule has 0 aliphatic heterocycles. The molecule has 0 aromatic heterocycles. The molecule has 0 bridgehead atoms. The van der Waals surface area contributed by atoms with Crippen LogP contribution in [0.4, 0.5) is 0 Å². The van der Waals surface area contributed by atoms with E-state index in [-0.39, 0.29) is 6.10 Å². The zero-order valence-corrected chi connectivity index (χ0v) is 8.80. The summed E-state index contributed by atoms with van der Waals surface area (Å²) in [6, 6.07) is 0.479. The van der Waals surface area contributed by atoms with Crippen LogP contribution in [0.3, 0.4) is 0 Å². The summed E-state index contributed by atoms with van der Waals surface area (Å²) in [5.74, 6) is 0.373. The maximum Gasteiger partial charge on any atom is 0.0577 e. The zero-order valence-electron chi connectivity index (χ0n) is 8.80. The van der Waals surface area contributed by atoms with Gasteiger partial charge in [-0.25, -0.2) is 0 Å². The summed E-state index contributed by atoms with van der Waals surface area (Å²) < 4.78 is 0. The normalized spacial score (nSPS) is 16.5. The van der Waals surface area contributed by atoms with E-state index in [0.717, 1.165) is 19.4 Å². The molecule has 0 saturated heterocycles. The largest absolute Gasteiger partial charge is 0.393 e. The van der Waals surface area contributed by atoms with Crippen molar-refractivity contribution < 1.29 is 5.11 Å². The average molecular weight is 173 g/mol. The number of hydrogen-bond donors (Lipinski definition) is 2. The van der Waals surface area contributed by atoms with Gasteiger partial charge in [0.15, 0.2) is 0 Å². The summed E-state index contributed by atoms with van der Waals surface area (Å²) in [4.78, 5) is 0. The molecule has 12 heavy (non-hydrogen) atoms. The van der Waals surface area contributed by atoms with Crippen molar-refractivity contribution in [1.82, 2.24) is 5.32 Å². The fraction of sp³-hybridized carbons (Fsp3) is 1.00. The van der Waals surface area contributed by atoms with Crippen molar-refractivity contribution in [3.05, 3.63) is 0 Å². The Hall–Kier alpha value is -0.0800. The second kappa shape index (κ2) is 6.44. The Bertz CT molecular complexity index is 104. The lowest BCUT2D eigenvalue weighted by Crippen LogP contribution is -2.33. The van der Waals surface area contributed by atoms with E-state index in [0.29, 0.717) is 12.0 Å². The van der Waals surface area contributed by atoms with Gasteiger partial charge >= 0.3 is 0 Å². The molecule has 0 heterocycles. The van der Waals surface area contributed by atoms with Gasteiger partial charge in [-0.3, -0.25) is 0 Å². The highest BCUT2D eigenvalue weighted by Gasteiger charge is 2.14. The lowest BCUT2D eigenvalue weighted by atomic mass is 9.98. The highest BCUT2D eigenvalue weighted by Crippen LogP contribution is 2.10. The van der Waals surface area contributed by atoms with E-state index in [1.165, 1.54) is 0 Å². The van der Waals surface area contributed by atoms with Gasteiger partial charge in [-0.15, -0.1) is 0 Å². The fourth-order valence-electron chi connectivity index (χ4n) is 1.25. The number of aliphatic hydroxyl groups excluding tert-OH is 1. The van der Waals surface area contributed by atoms with E-state index in [4.69, 9.17) is 0 Å². The van der Waals surface area contributed by atoms with Crippen LogP contribution in [0.5, 0.6) is 0 Å². The summed E-state index contributed by atoms with van der Waals surface area (Å²) in [7, 11) is 0. The van der Waals surface area contributed by atoms with Crippen LogP contribution < -0.4 is 5.32 Å². The number of hydrogen-bond acceptors (Lipinski definition) is 2. The van der Waals surface area contributed by atoms with Gasteiger partial charge < -0.3 is 10.4 Å². The molecule has 0 aliphatic carbocycles. The van der Waals surface area contributed by atoms with E-state index < -0.39 is 0 Å². The standard InChI is InChI=1S/C10H23NO/c1-5-9(11-6-2)7-10(12)8(3)4/h8-12H,5-7H2,1-4H3. The first kappa shape index (κ1) is 11.9. The van der Waals surface area contributed by atoms with Crippen LogP contribution in [-0.2, 0) is 0 Å². The Morgan fingerprint density at radius 2 is 1.83 bits per heavy atom. The molecule has 2 N–H and O–H groups in total. The van der Waals surface area contributed by atoms with E-state index in [1.807, 2.05) is 0 Å². The smallest absolute Gasteiger partial charge is 0.0577 e. The van der Waals surface area contributed by atoms with E-state index in [9.17, 15) is 5.11 Å². The average Bonchev–Trinajstić information content (AvgIpc) is 2.03. The molecular formula is C10H23NO. The third-order valence-electron chi connectivity index (χ3n) is 2.28. The zero-order chi connectivity index (χ0) is 9.56. The molecule has 0 saturated carbocycles. The summed E-state index contributed by atoms with van der Waals surface area (Å²) in [6.45, 7) is 9.36. The van der Waals surface area contributed by atoms with Crippen molar-refractivity contribution in [2.24, 2.45) is 5.92 Å². The van der Waals surface area contributed by atoms with Crippen molar-refractivity contribution in [3.63, 3.8) is 0 Å². The molecular weight excluding hydrogens is 150 g/mol. The van der Waals surface area contributed by atoms with Crippen molar-refractivity contribution in [2.75, 3.05) is 6.54 Å². The van der Waals surface area contributed by atoms with Crippen LogP contribution in [0.15, 0.2) is 0 Å². The topological polar surface area (TPSA) is 32.3 Å². The van der Waals surface area contributed by atoms with Crippen LogP contribution in [0.25, 0.3) is 0 Å². The van der Waals surface area contributed by atoms with Gasteiger partial charge in [-0.2, -0.15) is 0 Å². The van der Waals surface area contributed by atoms with Crippen LogP contribution >= 0.6 is 0 Å². The molecule has 2 atom stereocenters. The van der Waals surface area contributed by atoms with Crippen molar-refractivity contribution in [1.29, 1.82) is 0 Å². The van der Waals surface area contributed by atoms with Crippen molar-refractivity contribution >= 4 is 0 Å². The molecule has 0 fully saturated rings. The molecule has 0 rings (SSSR count).